The van der Waals surface area contributed by atoms with Crippen LogP contribution in [0.4, 0.5) is 0 Å². The third-order valence-corrected chi connectivity index (χ3v) is 5.28. The molecule has 1 N–H and O–H groups in total. The van der Waals surface area contributed by atoms with E-state index in [1.165, 1.54) is 6.92 Å². The van der Waals surface area contributed by atoms with Gasteiger partial charge in [-0.2, -0.15) is 0 Å². The number of para-hydroxylation sites is 1. The number of carbonyl (C=O) groups is 2. The van der Waals surface area contributed by atoms with Crippen LogP contribution in [-0.4, -0.2) is 23.7 Å². The fourth-order valence-corrected chi connectivity index (χ4v) is 3.68. The zero-order chi connectivity index (χ0) is 22.2. The van der Waals surface area contributed by atoms with Crippen molar-refractivity contribution in [2.45, 2.75) is 38.6 Å². The van der Waals surface area contributed by atoms with Crippen molar-refractivity contribution in [3.05, 3.63) is 76.8 Å². The van der Waals surface area contributed by atoms with Crippen molar-refractivity contribution in [2.24, 2.45) is 5.92 Å². The van der Waals surface area contributed by atoms with Gasteiger partial charge in [-0.15, -0.1) is 0 Å². The molecule has 0 radical (unpaired) electrons. The number of hydrogen-bond donors (Lipinski definition) is 1. The molecule has 3 atom stereocenters. The molecule has 1 aliphatic heterocycles. The molecule has 1 fully saturated rings. The molecule has 0 aromatic heterocycles. The topological polar surface area (TPSA) is 82.1 Å². The number of aromatic hydroxyl groups is 1. The van der Waals surface area contributed by atoms with Gasteiger partial charge in [0.1, 0.15) is 5.75 Å². The minimum Gasteiger partial charge on any atom is -0.508 e. The Morgan fingerprint density at radius 2 is 1.84 bits per heavy atom. The normalized spacial score (nSPS) is 21.2. The number of halogens is 1. The highest BCUT2D eigenvalue weighted by molar-refractivity contribution is 6.31. The standard InChI is InChI=1S/C24H25ClO6/c1-16(26)30-22(28)14-4-2-3-9-17-15-29-24(18-10-5-7-12-20(18)25)31-23(17)19-11-6-8-13-21(19)27/h2-3,5-8,10-13,17,23-24,27H,4,9,14-15H2,1H3/t17-,23+,24?/m0/s1. The highest BCUT2D eigenvalue weighted by atomic mass is 35.5. The van der Waals surface area contributed by atoms with Crippen LogP contribution in [0.3, 0.4) is 0 Å². The van der Waals surface area contributed by atoms with E-state index >= 15 is 0 Å². The molecule has 0 aliphatic carbocycles. The molecule has 2 aromatic rings. The SMILES string of the molecule is CC(=O)OC(=O)CCC=CC[C@H]1COC(c2ccccc2Cl)O[C@H]1c1ccccc1O. The second-order valence-electron chi connectivity index (χ2n) is 7.27. The van der Waals surface area contributed by atoms with Crippen molar-refractivity contribution in [1.82, 2.24) is 0 Å². The summed E-state index contributed by atoms with van der Waals surface area (Å²) in [6, 6.07) is 14.4. The molecule has 1 unspecified atom stereocenters. The van der Waals surface area contributed by atoms with E-state index in [4.69, 9.17) is 21.1 Å². The minimum absolute atomic E-state index is 0.0486. The van der Waals surface area contributed by atoms with Crippen molar-refractivity contribution in [2.75, 3.05) is 6.61 Å². The number of benzene rings is 2. The zero-order valence-corrected chi connectivity index (χ0v) is 18.0. The maximum atomic E-state index is 11.4. The quantitative estimate of drug-likeness (QED) is 0.356. The van der Waals surface area contributed by atoms with Crippen molar-refractivity contribution in [3.63, 3.8) is 0 Å². The Bertz CT molecular complexity index is 941. The van der Waals surface area contributed by atoms with E-state index in [9.17, 15) is 14.7 Å². The molecule has 1 saturated heterocycles. The van der Waals surface area contributed by atoms with E-state index in [1.807, 2.05) is 42.5 Å². The Morgan fingerprint density at radius 3 is 2.55 bits per heavy atom. The second kappa shape index (κ2) is 11.1. The van der Waals surface area contributed by atoms with Gasteiger partial charge in [0.2, 0.25) is 0 Å². The monoisotopic (exact) mass is 444 g/mol. The molecular formula is C24H25ClO6. The molecule has 0 bridgehead atoms. The first kappa shape index (κ1) is 23.0. The molecule has 1 aliphatic rings. The summed E-state index contributed by atoms with van der Waals surface area (Å²) >= 11 is 6.31. The first-order chi connectivity index (χ1) is 15.0. The van der Waals surface area contributed by atoms with Gasteiger partial charge < -0.3 is 19.3 Å². The fourth-order valence-electron chi connectivity index (χ4n) is 3.46. The maximum absolute atomic E-state index is 11.4. The molecule has 164 valence electrons. The summed E-state index contributed by atoms with van der Waals surface area (Å²) < 4.78 is 16.7. The highest BCUT2D eigenvalue weighted by Gasteiger charge is 2.35. The number of allylic oxidation sites excluding steroid dienone is 2. The summed E-state index contributed by atoms with van der Waals surface area (Å²) in [6.07, 6.45) is 3.99. The number of rotatable bonds is 7. The molecule has 6 nitrogen and oxygen atoms in total. The Kier molecular flexibility index (Phi) is 8.23. The number of carbonyl (C=O) groups excluding carboxylic acids is 2. The van der Waals surface area contributed by atoms with Crippen molar-refractivity contribution < 1.29 is 28.9 Å². The molecule has 0 saturated carbocycles. The van der Waals surface area contributed by atoms with Crippen LogP contribution in [0.25, 0.3) is 0 Å². The molecule has 31 heavy (non-hydrogen) atoms. The van der Waals surface area contributed by atoms with E-state index in [0.717, 1.165) is 5.56 Å². The third kappa shape index (κ3) is 6.40. The van der Waals surface area contributed by atoms with Gasteiger partial charge in [-0.25, -0.2) is 0 Å². The average molecular weight is 445 g/mol. The first-order valence-corrected chi connectivity index (χ1v) is 10.5. The Morgan fingerprint density at radius 1 is 1.13 bits per heavy atom. The van der Waals surface area contributed by atoms with Gasteiger partial charge in [-0.05, 0) is 25.0 Å². The highest BCUT2D eigenvalue weighted by Crippen LogP contribution is 2.43. The van der Waals surface area contributed by atoms with Crippen LogP contribution in [0.2, 0.25) is 5.02 Å². The summed E-state index contributed by atoms with van der Waals surface area (Å²) in [6.45, 7) is 1.61. The largest absolute Gasteiger partial charge is 0.508 e. The Balaban J connectivity index is 1.68. The molecule has 1 heterocycles. The van der Waals surface area contributed by atoms with Gasteiger partial charge >= 0.3 is 11.9 Å². The van der Waals surface area contributed by atoms with Gasteiger partial charge in [-0.1, -0.05) is 60.2 Å². The van der Waals surface area contributed by atoms with Crippen molar-refractivity contribution in [1.29, 1.82) is 0 Å². The van der Waals surface area contributed by atoms with Crippen LogP contribution in [0.1, 0.15) is 49.7 Å². The van der Waals surface area contributed by atoms with Crippen LogP contribution < -0.4 is 0 Å². The number of hydrogen-bond acceptors (Lipinski definition) is 6. The van der Waals surface area contributed by atoms with Crippen LogP contribution in [0.5, 0.6) is 5.75 Å². The molecule has 3 rings (SSSR count). The fraction of sp³-hybridized carbons (Fsp3) is 0.333. The first-order valence-electron chi connectivity index (χ1n) is 10.1. The predicted octanol–water partition coefficient (Wildman–Crippen LogP) is 5.26. The number of phenolic OH excluding ortho intramolecular Hbond substituents is 1. The summed E-state index contributed by atoms with van der Waals surface area (Å²) in [5, 5.41) is 10.9. The summed E-state index contributed by atoms with van der Waals surface area (Å²) in [7, 11) is 0. The van der Waals surface area contributed by atoms with Crippen molar-refractivity contribution >= 4 is 23.5 Å². The zero-order valence-electron chi connectivity index (χ0n) is 17.2. The summed E-state index contributed by atoms with van der Waals surface area (Å²) in [5.41, 5.74) is 1.42. The van der Waals surface area contributed by atoms with E-state index in [2.05, 4.69) is 4.74 Å². The number of phenols is 1. The van der Waals surface area contributed by atoms with Crippen LogP contribution in [0, 0.1) is 5.92 Å². The Hall–Kier alpha value is -2.67. The van der Waals surface area contributed by atoms with E-state index in [1.54, 1.807) is 18.2 Å². The maximum Gasteiger partial charge on any atom is 0.313 e. The third-order valence-electron chi connectivity index (χ3n) is 4.94. The molecule has 7 heteroatoms. The molecule has 0 spiro atoms. The van der Waals surface area contributed by atoms with Gasteiger partial charge in [0.15, 0.2) is 6.29 Å². The van der Waals surface area contributed by atoms with E-state index in [0.29, 0.717) is 30.0 Å². The van der Waals surface area contributed by atoms with Gasteiger partial charge in [0.05, 0.1) is 12.7 Å². The van der Waals surface area contributed by atoms with Gasteiger partial charge in [-0.3, -0.25) is 9.59 Å². The second-order valence-corrected chi connectivity index (χ2v) is 7.68. The summed E-state index contributed by atoms with van der Waals surface area (Å²) in [5.74, 6) is -1.04. The molecule has 2 aromatic carbocycles. The van der Waals surface area contributed by atoms with Crippen LogP contribution in [0.15, 0.2) is 60.7 Å². The molecule has 0 amide bonds. The number of esters is 2. The minimum atomic E-state index is -0.639. The lowest BCUT2D eigenvalue weighted by atomic mass is 9.91. The Labute approximate surface area is 186 Å². The number of ether oxygens (including phenoxy) is 3. The van der Waals surface area contributed by atoms with Gasteiger partial charge in [0, 0.05) is 35.4 Å². The summed E-state index contributed by atoms with van der Waals surface area (Å²) in [4.78, 5) is 22.2. The van der Waals surface area contributed by atoms with E-state index in [-0.39, 0.29) is 18.1 Å². The van der Waals surface area contributed by atoms with Crippen LogP contribution >= 0.6 is 11.6 Å². The lowest BCUT2D eigenvalue weighted by molar-refractivity contribution is -0.244. The molecular weight excluding hydrogens is 420 g/mol. The van der Waals surface area contributed by atoms with E-state index < -0.39 is 24.3 Å². The average Bonchev–Trinajstić information content (AvgIpc) is 2.74. The van der Waals surface area contributed by atoms with Crippen LogP contribution in [-0.2, 0) is 23.8 Å². The van der Waals surface area contributed by atoms with Crippen molar-refractivity contribution in [3.8, 4) is 5.75 Å². The lowest BCUT2D eigenvalue weighted by Crippen LogP contribution is -2.30. The smallest absolute Gasteiger partial charge is 0.313 e. The predicted molar refractivity (Wildman–Crippen MR) is 115 cm³/mol. The lowest BCUT2D eigenvalue weighted by Gasteiger charge is -2.37. The van der Waals surface area contributed by atoms with Gasteiger partial charge in [0.25, 0.3) is 0 Å².